The summed E-state index contributed by atoms with van der Waals surface area (Å²) in [4.78, 5) is 11.2. The Morgan fingerprint density at radius 2 is 2.28 bits per heavy atom. The van der Waals surface area contributed by atoms with Gasteiger partial charge in [0.1, 0.15) is 0 Å². The highest BCUT2D eigenvalue weighted by molar-refractivity contribution is 5.69. The summed E-state index contributed by atoms with van der Waals surface area (Å²) >= 11 is 0. The van der Waals surface area contributed by atoms with Gasteiger partial charge >= 0.3 is 5.97 Å². The fraction of sp³-hybridized carbons (Fsp3) is 0.692. The number of carbonyl (C=O) groups excluding carboxylic acids is 1. The number of rotatable bonds is 7. The quantitative estimate of drug-likeness (QED) is 0.750. The molecule has 102 valence electrons. The lowest BCUT2D eigenvalue weighted by molar-refractivity contribution is -0.143. The van der Waals surface area contributed by atoms with Crippen molar-refractivity contribution in [1.29, 1.82) is 0 Å². The van der Waals surface area contributed by atoms with Gasteiger partial charge in [-0.15, -0.1) is 0 Å². The lowest BCUT2D eigenvalue weighted by Gasteiger charge is -2.09. The van der Waals surface area contributed by atoms with Gasteiger partial charge in [0.25, 0.3) is 0 Å². The maximum absolute atomic E-state index is 11.2. The van der Waals surface area contributed by atoms with E-state index in [1.807, 2.05) is 17.1 Å². The van der Waals surface area contributed by atoms with Crippen molar-refractivity contribution in [2.24, 2.45) is 5.73 Å². The molecule has 1 aromatic heterocycles. The second-order valence-corrected chi connectivity index (χ2v) is 4.73. The molecule has 5 nitrogen and oxygen atoms in total. The number of nitrogens with two attached hydrogens (primary N) is 1. The van der Waals surface area contributed by atoms with E-state index >= 15 is 0 Å². The van der Waals surface area contributed by atoms with Gasteiger partial charge in [-0.2, -0.15) is 5.10 Å². The first kappa shape index (κ1) is 14.7. The van der Waals surface area contributed by atoms with Gasteiger partial charge in [0.05, 0.1) is 12.8 Å². The minimum atomic E-state index is -0.175. The fourth-order valence-corrected chi connectivity index (χ4v) is 1.71. The van der Waals surface area contributed by atoms with E-state index in [9.17, 15) is 4.79 Å². The number of hydrogen-bond donors (Lipinski definition) is 1. The number of hydrogen-bond acceptors (Lipinski definition) is 4. The minimum Gasteiger partial charge on any atom is -0.466 e. The normalized spacial score (nSPS) is 12.7. The minimum absolute atomic E-state index is 0.0285. The van der Waals surface area contributed by atoms with Gasteiger partial charge in [0.15, 0.2) is 0 Å². The highest BCUT2D eigenvalue weighted by Crippen LogP contribution is 2.09. The Bertz CT molecular complexity index is 374. The van der Waals surface area contributed by atoms with Crippen LogP contribution >= 0.6 is 0 Å². The van der Waals surface area contributed by atoms with Gasteiger partial charge in [-0.1, -0.05) is 0 Å². The van der Waals surface area contributed by atoms with Crippen LogP contribution in [-0.2, 0) is 16.0 Å². The maximum atomic E-state index is 11.2. The molecule has 1 rings (SSSR count). The van der Waals surface area contributed by atoms with E-state index in [2.05, 4.69) is 18.9 Å². The molecular weight excluding hydrogens is 230 g/mol. The number of ether oxygens (including phenoxy) is 1. The van der Waals surface area contributed by atoms with Crippen molar-refractivity contribution in [2.75, 3.05) is 6.61 Å². The van der Waals surface area contributed by atoms with Crippen molar-refractivity contribution in [2.45, 2.75) is 52.1 Å². The van der Waals surface area contributed by atoms with Crippen LogP contribution in [0.25, 0.3) is 0 Å². The molecule has 18 heavy (non-hydrogen) atoms. The summed E-state index contributed by atoms with van der Waals surface area (Å²) < 4.78 is 6.78. The van der Waals surface area contributed by atoms with Crippen molar-refractivity contribution in [3.05, 3.63) is 18.0 Å². The molecule has 0 bridgehead atoms. The van der Waals surface area contributed by atoms with Crippen LogP contribution in [0, 0.1) is 0 Å². The summed E-state index contributed by atoms with van der Waals surface area (Å²) in [6.07, 6.45) is 5.62. The van der Waals surface area contributed by atoms with Gasteiger partial charge in [0, 0.05) is 24.7 Å². The molecule has 5 heteroatoms. The first-order valence-electron chi connectivity index (χ1n) is 6.47. The Balaban J connectivity index is 2.34. The van der Waals surface area contributed by atoms with E-state index < -0.39 is 0 Å². The molecule has 1 atom stereocenters. The fourth-order valence-electron chi connectivity index (χ4n) is 1.71. The van der Waals surface area contributed by atoms with Gasteiger partial charge in [0.2, 0.25) is 0 Å². The Kier molecular flexibility index (Phi) is 5.85. The number of nitrogens with zero attached hydrogens (tertiary/aromatic N) is 2. The zero-order valence-electron chi connectivity index (χ0n) is 11.4. The summed E-state index contributed by atoms with van der Waals surface area (Å²) in [6.45, 7) is 6.39. The van der Waals surface area contributed by atoms with Crippen LogP contribution in [0.1, 0.15) is 45.2 Å². The molecule has 1 heterocycles. The lowest BCUT2D eigenvalue weighted by Crippen LogP contribution is -2.24. The molecule has 0 aliphatic rings. The van der Waals surface area contributed by atoms with Crippen LogP contribution < -0.4 is 5.73 Å². The van der Waals surface area contributed by atoms with Crippen molar-refractivity contribution < 1.29 is 9.53 Å². The predicted octanol–water partition coefficient (Wildman–Crippen LogP) is 1.68. The molecule has 0 aliphatic carbocycles. The summed E-state index contributed by atoms with van der Waals surface area (Å²) in [5.74, 6) is -0.175. The summed E-state index contributed by atoms with van der Waals surface area (Å²) in [7, 11) is 0. The Morgan fingerprint density at radius 1 is 1.56 bits per heavy atom. The second-order valence-electron chi connectivity index (χ2n) is 4.73. The van der Waals surface area contributed by atoms with Crippen LogP contribution in [0.4, 0.5) is 0 Å². The average molecular weight is 253 g/mol. The van der Waals surface area contributed by atoms with Crippen LogP contribution in [0.3, 0.4) is 0 Å². The van der Waals surface area contributed by atoms with E-state index in [1.54, 1.807) is 6.92 Å². The van der Waals surface area contributed by atoms with E-state index in [4.69, 9.17) is 10.5 Å². The van der Waals surface area contributed by atoms with Crippen molar-refractivity contribution in [3.8, 4) is 0 Å². The second kappa shape index (κ2) is 7.16. The van der Waals surface area contributed by atoms with E-state index in [-0.39, 0.29) is 12.0 Å². The Labute approximate surface area is 108 Å². The maximum Gasteiger partial charge on any atom is 0.305 e. The molecule has 0 radical (unpaired) electrons. The lowest BCUT2D eigenvalue weighted by atomic mass is 10.1. The molecule has 1 unspecified atom stereocenters. The van der Waals surface area contributed by atoms with E-state index in [1.165, 1.54) is 0 Å². The molecule has 0 saturated carbocycles. The molecule has 0 aromatic carbocycles. The number of carbonyl (C=O) groups is 1. The first-order valence-corrected chi connectivity index (χ1v) is 6.47. The van der Waals surface area contributed by atoms with Gasteiger partial charge in [-0.3, -0.25) is 9.48 Å². The third-order valence-electron chi connectivity index (χ3n) is 2.71. The third-order valence-corrected chi connectivity index (χ3v) is 2.71. The topological polar surface area (TPSA) is 70.1 Å². The van der Waals surface area contributed by atoms with Crippen molar-refractivity contribution in [3.63, 3.8) is 0 Å². The molecule has 1 aromatic rings. The number of aromatic nitrogens is 2. The summed E-state index contributed by atoms with van der Waals surface area (Å²) in [5.41, 5.74) is 7.10. The smallest absolute Gasteiger partial charge is 0.305 e. The highest BCUT2D eigenvalue weighted by Gasteiger charge is 2.10. The molecule has 2 N–H and O–H groups in total. The van der Waals surface area contributed by atoms with Gasteiger partial charge < -0.3 is 10.5 Å². The zero-order chi connectivity index (χ0) is 13.5. The standard InChI is InChI=1S/C13H23N3O2/c1-4-18-13(17)6-5-12(14)7-11-8-15-16(9-11)10(2)3/h8-10,12H,4-7,14H2,1-3H3. The zero-order valence-corrected chi connectivity index (χ0v) is 11.4. The summed E-state index contributed by atoms with van der Waals surface area (Å²) in [5, 5.41) is 4.26. The SMILES string of the molecule is CCOC(=O)CCC(N)Cc1cnn(C(C)C)c1. The first-order chi connectivity index (χ1) is 8.52. The molecule has 0 spiro atoms. The van der Waals surface area contributed by atoms with Crippen LogP contribution in [0.5, 0.6) is 0 Å². The number of esters is 1. The highest BCUT2D eigenvalue weighted by atomic mass is 16.5. The van der Waals surface area contributed by atoms with E-state index in [0.717, 1.165) is 12.0 Å². The van der Waals surface area contributed by atoms with Crippen molar-refractivity contribution >= 4 is 5.97 Å². The van der Waals surface area contributed by atoms with Gasteiger partial charge in [-0.25, -0.2) is 0 Å². The largest absolute Gasteiger partial charge is 0.466 e. The van der Waals surface area contributed by atoms with E-state index in [0.29, 0.717) is 25.5 Å². The molecule has 0 saturated heterocycles. The van der Waals surface area contributed by atoms with Crippen LogP contribution in [0.15, 0.2) is 12.4 Å². The monoisotopic (exact) mass is 253 g/mol. The van der Waals surface area contributed by atoms with Crippen molar-refractivity contribution in [1.82, 2.24) is 9.78 Å². The Morgan fingerprint density at radius 3 is 2.83 bits per heavy atom. The van der Waals surface area contributed by atoms with Crippen LogP contribution in [0.2, 0.25) is 0 Å². The molecular formula is C13H23N3O2. The van der Waals surface area contributed by atoms with Crippen LogP contribution in [-0.4, -0.2) is 28.4 Å². The molecule has 0 aliphatic heterocycles. The molecule has 0 amide bonds. The predicted molar refractivity (Wildman–Crippen MR) is 70.2 cm³/mol. The van der Waals surface area contributed by atoms with Gasteiger partial charge in [-0.05, 0) is 39.2 Å². The third kappa shape index (κ3) is 4.87. The Hall–Kier alpha value is -1.36. The molecule has 0 fully saturated rings. The summed E-state index contributed by atoms with van der Waals surface area (Å²) in [6, 6.07) is 0.328. The average Bonchev–Trinajstić information content (AvgIpc) is 2.75.